The van der Waals surface area contributed by atoms with Gasteiger partial charge in [-0.25, -0.2) is 0 Å². The van der Waals surface area contributed by atoms with Crippen molar-refractivity contribution in [3.8, 4) is 0 Å². The molecular formula is C14H18N4O4P+. The number of aromatic nitrogens is 4. The number of tetrazole rings is 1. The van der Waals surface area contributed by atoms with E-state index in [4.69, 9.17) is 13.6 Å². The molecule has 2 aromatic heterocycles. The van der Waals surface area contributed by atoms with Crippen molar-refractivity contribution in [1.29, 1.82) is 0 Å². The summed E-state index contributed by atoms with van der Waals surface area (Å²) < 4.78 is 17.6. The molecule has 0 amide bonds. The first-order chi connectivity index (χ1) is 11.1. The fraction of sp³-hybridized carbons (Fsp3) is 0.357. The molecule has 0 aliphatic heterocycles. The van der Waals surface area contributed by atoms with Gasteiger partial charge in [0, 0.05) is 5.39 Å². The Morgan fingerprint density at radius 2 is 1.83 bits per heavy atom. The van der Waals surface area contributed by atoms with Crippen molar-refractivity contribution < 1.29 is 18.7 Å². The van der Waals surface area contributed by atoms with Crippen molar-refractivity contribution in [3.05, 3.63) is 35.4 Å². The summed E-state index contributed by atoms with van der Waals surface area (Å²) >= 11 is 0. The summed E-state index contributed by atoms with van der Waals surface area (Å²) in [5, 5.41) is 23.5. The number of pyridine rings is 1. The maximum absolute atomic E-state index is 10.8. The van der Waals surface area contributed by atoms with Crippen molar-refractivity contribution in [2.24, 2.45) is 0 Å². The van der Waals surface area contributed by atoms with Gasteiger partial charge in [-0.3, -0.25) is 0 Å². The van der Waals surface area contributed by atoms with Crippen molar-refractivity contribution in [2.45, 2.75) is 12.8 Å². The smallest absolute Gasteiger partial charge is 0.349 e. The van der Waals surface area contributed by atoms with Gasteiger partial charge in [0.2, 0.25) is 0 Å². The molecule has 1 N–H and O–H groups in total. The molecule has 0 fully saturated rings. The molecule has 1 atom stereocenters. The number of rotatable bonds is 5. The SMILES string of the molecule is CO[P+](OC)(OC)C(O)c1cc2cc(C)ccc2n2nnnc12. The second-order valence-electron chi connectivity index (χ2n) is 5.04. The van der Waals surface area contributed by atoms with Gasteiger partial charge in [-0.2, -0.15) is 18.1 Å². The number of benzene rings is 1. The van der Waals surface area contributed by atoms with E-state index in [0.717, 1.165) is 16.5 Å². The van der Waals surface area contributed by atoms with Gasteiger partial charge in [0.05, 0.1) is 32.4 Å². The number of aliphatic hydroxyl groups excluding tert-OH is 1. The summed E-state index contributed by atoms with van der Waals surface area (Å²) in [5.41, 5.74) is 2.87. The van der Waals surface area contributed by atoms with E-state index < -0.39 is 13.8 Å². The van der Waals surface area contributed by atoms with Crippen LogP contribution in [0.3, 0.4) is 0 Å². The fourth-order valence-corrected chi connectivity index (χ4v) is 4.20. The molecule has 0 radical (unpaired) electrons. The van der Waals surface area contributed by atoms with Gasteiger partial charge in [0.15, 0.2) is 5.65 Å². The van der Waals surface area contributed by atoms with Gasteiger partial charge in [0.1, 0.15) is 0 Å². The van der Waals surface area contributed by atoms with Gasteiger partial charge in [0.25, 0.3) is 5.85 Å². The lowest BCUT2D eigenvalue weighted by molar-refractivity contribution is 0.135. The van der Waals surface area contributed by atoms with Gasteiger partial charge < -0.3 is 5.11 Å². The van der Waals surface area contributed by atoms with E-state index in [9.17, 15) is 5.11 Å². The monoisotopic (exact) mass is 337 g/mol. The van der Waals surface area contributed by atoms with E-state index in [1.807, 2.05) is 31.2 Å². The van der Waals surface area contributed by atoms with Crippen LogP contribution < -0.4 is 0 Å². The molecule has 2 heterocycles. The number of fused-ring (bicyclic) bond motifs is 3. The lowest BCUT2D eigenvalue weighted by Gasteiger charge is -2.22. The van der Waals surface area contributed by atoms with E-state index >= 15 is 0 Å². The Kier molecular flexibility index (Phi) is 4.27. The van der Waals surface area contributed by atoms with E-state index in [-0.39, 0.29) is 0 Å². The van der Waals surface area contributed by atoms with Crippen molar-refractivity contribution in [2.75, 3.05) is 21.3 Å². The van der Waals surface area contributed by atoms with E-state index in [2.05, 4.69) is 15.5 Å². The highest BCUT2D eigenvalue weighted by molar-refractivity contribution is 7.61. The lowest BCUT2D eigenvalue weighted by Crippen LogP contribution is -2.12. The minimum atomic E-state index is -2.97. The molecular weight excluding hydrogens is 319 g/mol. The van der Waals surface area contributed by atoms with Crippen LogP contribution in [0, 0.1) is 6.92 Å². The standard InChI is InChI=1S/C14H18N4O4P/c1-9-5-6-12-10(7-9)8-11(13-15-16-17-18(12)13)14(19)23(20-2,21-3)22-4/h5-8,14,19H,1-4H3/q+1. The zero-order chi connectivity index (χ0) is 16.6. The first kappa shape index (κ1) is 16.2. The van der Waals surface area contributed by atoms with Crippen LogP contribution in [0.4, 0.5) is 0 Å². The van der Waals surface area contributed by atoms with Crippen LogP contribution in [0.25, 0.3) is 16.6 Å². The Balaban J connectivity index is 2.28. The first-order valence-corrected chi connectivity index (χ1v) is 8.53. The fourth-order valence-electron chi connectivity index (χ4n) is 2.63. The van der Waals surface area contributed by atoms with Gasteiger partial charge in [-0.05, 0) is 35.5 Å². The molecule has 1 aromatic carbocycles. The Bertz CT molecular complexity index is 841. The highest BCUT2D eigenvalue weighted by Crippen LogP contribution is 2.70. The van der Waals surface area contributed by atoms with Crippen molar-refractivity contribution in [1.82, 2.24) is 20.0 Å². The summed E-state index contributed by atoms with van der Waals surface area (Å²) in [7, 11) is 1.34. The highest BCUT2D eigenvalue weighted by atomic mass is 31.2. The normalized spacial score (nSPS) is 13.8. The second kappa shape index (κ2) is 6.07. The van der Waals surface area contributed by atoms with Crippen LogP contribution in [-0.2, 0) is 13.6 Å². The number of aryl methyl sites for hydroxylation is 1. The minimum absolute atomic E-state index is 0.435. The molecule has 23 heavy (non-hydrogen) atoms. The third kappa shape index (κ3) is 2.49. The third-order valence-corrected chi connectivity index (χ3v) is 6.20. The molecule has 3 rings (SSSR count). The lowest BCUT2D eigenvalue weighted by atomic mass is 10.1. The predicted molar refractivity (Wildman–Crippen MR) is 85.9 cm³/mol. The van der Waals surface area contributed by atoms with Crippen molar-refractivity contribution >= 4 is 24.5 Å². The summed E-state index contributed by atoms with van der Waals surface area (Å²) in [6.07, 6.45) is 0. The third-order valence-electron chi connectivity index (χ3n) is 3.79. The van der Waals surface area contributed by atoms with Crippen LogP contribution in [0.5, 0.6) is 0 Å². The molecule has 8 nitrogen and oxygen atoms in total. The molecule has 0 aliphatic carbocycles. The molecule has 122 valence electrons. The molecule has 0 bridgehead atoms. The predicted octanol–water partition coefficient (Wildman–Crippen LogP) is 2.28. The average molecular weight is 337 g/mol. The first-order valence-electron chi connectivity index (χ1n) is 6.91. The van der Waals surface area contributed by atoms with Crippen LogP contribution in [0.1, 0.15) is 17.0 Å². The number of hydrogen-bond acceptors (Lipinski definition) is 7. The Morgan fingerprint density at radius 3 is 2.48 bits per heavy atom. The summed E-state index contributed by atoms with van der Waals surface area (Å²) in [5.74, 6) is -1.14. The Morgan fingerprint density at radius 1 is 1.13 bits per heavy atom. The van der Waals surface area contributed by atoms with Gasteiger partial charge >= 0.3 is 7.94 Å². The number of hydrogen-bond donors (Lipinski definition) is 1. The molecule has 9 heteroatoms. The average Bonchev–Trinajstić information content (AvgIpc) is 3.05. The van der Waals surface area contributed by atoms with Crippen LogP contribution >= 0.6 is 7.94 Å². The number of nitrogens with zero attached hydrogens (tertiary/aromatic N) is 4. The highest BCUT2D eigenvalue weighted by Gasteiger charge is 2.53. The topological polar surface area (TPSA) is 91.0 Å². The summed E-state index contributed by atoms with van der Waals surface area (Å²) in [6.45, 7) is 2.00. The maximum Gasteiger partial charge on any atom is 0.446 e. The van der Waals surface area contributed by atoms with Crippen LogP contribution in [0.2, 0.25) is 0 Å². The molecule has 1 unspecified atom stereocenters. The largest absolute Gasteiger partial charge is 0.446 e. The molecule has 0 saturated heterocycles. The van der Waals surface area contributed by atoms with Crippen LogP contribution in [0.15, 0.2) is 24.3 Å². The maximum atomic E-state index is 10.8. The second-order valence-corrected chi connectivity index (χ2v) is 7.70. The number of aliphatic hydroxyl groups is 1. The van der Waals surface area contributed by atoms with Gasteiger partial charge in [-0.1, -0.05) is 11.6 Å². The molecule has 3 aromatic rings. The zero-order valence-electron chi connectivity index (χ0n) is 13.3. The Hall–Kier alpha value is -1.70. The van der Waals surface area contributed by atoms with E-state index in [0.29, 0.717) is 11.2 Å². The van der Waals surface area contributed by atoms with Crippen molar-refractivity contribution in [3.63, 3.8) is 0 Å². The molecule has 0 saturated carbocycles. The Labute approximate surface area is 133 Å². The minimum Gasteiger partial charge on any atom is -0.349 e. The molecule has 0 spiro atoms. The van der Waals surface area contributed by atoms with E-state index in [1.54, 1.807) is 4.52 Å². The quantitative estimate of drug-likeness (QED) is 0.714. The summed E-state index contributed by atoms with van der Waals surface area (Å²) in [6, 6.07) is 7.76. The molecule has 0 aliphatic rings. The van der Waals surface area contributed by atoms with Gasteiger partial charge in [-0.15, -0.1) is 5.10 Å². The summed E-state index contributed by atoms with van der Waals surface area (Å²) in [4.78, 5) is 0. The van der Waals surface area contributed by atoms with Crippen LogP contribution in [-0.4, -0.2) is 46.5 Å². The van der Waals surface area contributed by atoms with E-state index in [1.165, 1.54) is 21.3 Å². The zero-order valence-corrected chi connectivity index (χ0v) is 14.2.